The van der Waals surface area contributed by atoms with E-state index in [2.05, 4.69) is 52.4 Å². The molecule has 0 aliphatic carbocycles. The van der Waals surface area contributed by atoms with Gasteiger partial charge in [-0.05, 0) is 70.6 Å². The Morgan fingerprint density at radius 2 is 0.760 bits per heavy atom. The highest BCUT2D eigenvalue weighted by atomic mass is 31.2. The smallest absolute Gasteiger partial charge is 0.394 e. The fourth-order valence-electron chi connectivity index (χ4n) is 10.3. The van der Waals surface area contributed by atoms with Crippen LogP contribution in [-0.4, -0.2) is 288 Å². The van der Waals surface area contributed by atoms with E-state index in [1.54, 1.807) is 0 Å². The van der Waals surface area contributed by atoms with Crippen LogP contribution in [0.3, 0.4) is 0 Å². The zero-order valence-electron chi connectivity index (χ0n) is 54.9. The minimum atomic E-state index is -4.07. The fourth-order valence-corrected chi connectivity index (χ4v) is 10.7. The van der Waals surface area contributed by atoms with Crippen molar-refractivity contribution >= 4 is 61.0 Å². The molecule has 9 amide bonds. The molecule has 3 saturated heterocycles. The molecule has 0 aromatic carbocycles. The summed E-state index contributed by atoms with van der Waals surface area (Å²) in [4.78, 5) is 126. The second-order valence-electron chi connectivity index (χ2n) is 23.4. The standard InChI is InChI=1S/C58H104N9O28P/c1-33(71)63-45-51(81)48(78)38(30-68)93-56(45)89-26-12-7-16-44(77)66-37(19-21-43(76)61-24-10-14-28-91-58-47(65-35(3)73)53(83)50(80)40(32-70)95-58)55(85)67-36(54(84)62-25-15-17-41(74)59-22-8-5-6-11-29-92-96(86,87)88-4)18-20-42(75)60-23-9-13-27-90-57-46(64-34(2)72)52(82)49(79)39(31-69)94-57/h36-40,45-53,56-58,68-70,78-83H,5-32H2,1-4H3,(H,59,74)(H,60,75)(H,61,76)(H,62,84)(H,63,71)(H,64,72)(H,65,73)(H,66,77)(H,67,85)(H,86,87)/t36-,37-,38+,39+,40+,45+,46+,47+,48-,49-,50-,51+,52+,53+,56+,57+,58+/m0/s1. The largest absolute Gasteiger partial charge is 0.471 e. The molecule has 554 valence electrons. The highest BCUT2D eigenvalue weighted by molar-refractivity contribution is 7.47. The molecule has 19 N–H and O–H groups in total. The number of carbonyl (C=O) groups is 9. The third-order valence-electron chi connectivity index (χ3n) is 15.5. The molecule has 1 unspecified atom stereocenters. The summed E-state index contributed by atoms with van der Waals surface area (Å²) in [6.07, 6.45) is -13.9. The van der Waals surface area contributed by atoms with Crippen molar-refractivity contribution in [3.63, 3.8) is 0 Å². The average molecular weight is 1410 g/mol. The van der Waals surface area contributed by atoms with Gasteiger partial charge in [0.05, 0.1) is 26.4 Å². The molecular formula is C58H104N9O28P. The Labute approximate surface area is 556 Å². The number of phosphoric acid groups is 1. The number of phosphoric ester groups is 1. The van der Waals surface area contributed by atoms with E-state index < -0.39 is 179 Å². The summed E-state index contributed by atoms with van der Waals surface area (Å²) >= 11 is 0. The zero-order chi connectivity index (χ0) is 71.3. The number of nitrogens with one attached hydrogen (secondary N) is 9. The highest BCUT2D eigenvalue weighted by Crippen LogP contribution is 2.42. The van der Waals surface area contributed by atoms with Crippen LogP contribution in [0.15, 0.2) is 0 Å². The predicted molar refractivity (Wildman–Crippen MR) is 331 cm³/mol. The third kappa shape index (κ3) is 31.7. The number of carbonyl (C=O) groups excluding carboxylic acids is 9. The molecule has 0 aromatic heterocycles. The molecule has 0 bridgehead atoms. The second-order valence-corrected chi connectivity index (χ2v) is 24.9. The number of aliphatic hydroxyl groups is 9. The summed E-state index contributed by atoms with van der Waals surface area (Å²) in [6.45, 7) is 1.98. The topological polar surface area (TPSA) is 555 Å². The molecule has 0 aromatic rings. The number of hydrogen-bond donors (Lipinski definition) is 19. The first kappa shape index (κ1) is 85.0. The number of aliphatic hydroxyl groups excluding tert-OH is 9. The van der Waals surface area contributed by atoms with Crippen molar-refractivity contribution in [3.05, 3.63) is 0 Å². The first-order valence-electron chi connectivity index (χ1n) is 32.4. The number of rotatable bonds is 47. The number of unbranched alkanes of at least 4 members (excludes halogenated alkanes) is 6. The molecule has 0 radical (unpaired) electrons. The van der Waals surface area contributed by atoms with Crippen molar-refractivity contribution < 1.29 is 136 Å². The van der Waals surface area contributed by atoms with E-state index in [1.165, 1.54) is 20.8 Å². The Kier molecular flexibility index (Phi) is 40.8. The summed E-state index contributed by atoms with van der Waals surface area (Å²) in [6, 6.07) is -6.42. The Hall–Kier alpha value is -5.26. The summed E-state index contributed by atoms with van der Waals surface area (Å²) in [5.41, 5.74) is 0. The van der Waals surface area contributed by atoms with E-state index >= 15 is 0 Å². The zero-order valence-corrected chi connectivity index (χ0v) is 55.8. The SMILES string of the molecule is COP(=O)(O)OCCCCCCNC(=O)CCCNC(=O)[C@H](CCC(=O)NCCCCO[C@@H]1O[C@H](CO)[C@H](O)[C@H](O)[C@H]1NC(C)=O)NC(=O)[C@H](CCC(=O)NCCCCO[C@@H]1O[C@H](CO)[C@H](O)[C@H](O)[C@H]1NC(C)=O)NC(=O)CCCCO[C@@H]1O[C@H](CO)[C@H](O)[C@H](O)[C@H]1NC(C)=O. The summed E-state index contributed by atoms with van der Waals surface area (Å²) < 4.78 is 54.6. The Balaban J connectivity index is 1.70. The average Bonchev–Trinajstić information content (AvgIpc) is 0.871. The number of ether oxygens (including phenoxy) is 6. The maximum Gasteiger partial charge on any atom is 0.471 e. The predicted octanol–water partition coefficient (Wildman–Crippen LogP) is -6.30. The number of hydrogen-bond acceptors (Lipinski definition) is 27. The summed E-state index contributed by atoms with van der Waals surface area (Å²) in [7, 11) is -3.01. The molecule has 3 aliphatic heterocycles. The summed E-state index contributed by atoms with van der Waals surface area (Å²) in [5.74, 6) is -5.39. The third-order valence-corrected chi connectivity index (χ3v) is 16.5. The fraction of sp³-hybridized carbons (Fsp3) is 0.845. The van der Waals surface area contributed by atoms with E-state index in [0.717, 1.165) is 7.11 Å². The van der Waals surface area contributed by atoms with Crippen molar-refractivity contribution in [3.8, 4) is 0 Å². The van der Waals surface area contributed by atoms with E-state index in [9.17, 15) is 98.6 Å². The minimum Gasteiger partial charge on any atom is -0.394 e. The van der Waals surface area contributed by atoms with Gasteiger partial charge in [0, 0.05) is 99.6 Å². The van der Waals surface area contributed by atoms with E-state index in [-0.39, 0.29) is 110 Å². The van der Waals surface area contributed by atoms with Crippen molar-refractivity contribution in [1.29, 1.82) is 0 Å². The van der Waals surface area contributed by atoms with Gasteiger partial charge in [-0.25, -0.2) is 4.57 Å². The van der Waals surface area contributed by atoms with Gasteiger partial charge in [-0.15, -0.1) is 0 Å². The lowest BCUT2D eigenvalue weighted by atomic mass is 9.97. The van der Waals surface area contributed by atoms with Gasteiger partial charge in [0.1, 0.15) is 85.1 Å². The van der Waals surface area contributed by atoms with Gasteiger partial charge in [0.15, 0.2) is 18.9 Å². The maximum atomic E-state index is 14.3. The summed E-state index contributed by atoms with van der Waals surface area (Å²) in [5, 5.41) is 115. The molecule has 3 fully saturated rings. The monoisotopic (exact) mass is 1410 g/mol. The Morgan fingerprint density at radius 1 is 0.417 bits per heavy atom. The Bertz CT molecular complexity index is 2430. The van der Waals surface area contributed by atoms with Gasteiger partial charge in [0.2, 0.25) is 53.2 Å². The van der Waals surface area contributed by atoms with Crippen LogP contribution in [0.2, 0.25) is 0 Å². The van der Waals surface area contributed by atoms with Crippen LogP contribution in [0.25, 0.3) is 0 Å². The molecule has 3 heterocycles. The highest BCUT2D eigenvalue weighted by Gasteiger charge is 2.48. The van der Waals surface area contributed by atoms with E-state index in [0.29, 0.717) is 57.9 Å². The number of amides is 9. The van der Waals surface area contributed by atoms with Crippen molar-refractivity contribution in [2.45, 2.75) is 234 Å². The van der Waals surface area contributed by atoms with Gasteiger partial charge in [-0.3, -0.25) is 52.2 Å². The van der Waals surface area contributed by atoms with Gasteiger partial charge >= 0.3 is 7.82 Å². The van der Waals surface area contributed by atoms with E-state index in [1.807, 2.05) is 0 Å². The maximum absolute atomic E-state index is 14.3. The van der Waals surface area contributed by atoms with Gasteiger partial charge < -0.3 is 127 Å². The van der Waals surface area contributed by atoms with Gasteiger partial charge in [-0.1, -0.05) is 12.8 Å². The molecule has 3 aliphatic rings. The van der Waals surface area contributed by atoms with Crippen LogP contribution in [0.5, 0.6) is 0 Å². The molecule has 96 heavy (non-hydrogen) atoms. The molecule has 37 nitrogen and oxygen atoms in total. The quantitative estimate of drug-likeness (QED) is 0.0199. The van der Waals surface area contributed by atoms with Crippen molar-refractivity contribution in [2.75, 3.05) is 79.5 Å². The lowest BCUT2D eigenvalue weighted by Crippen LogP contribution is -2.64. The molecule has 18 atom stereocenters. The molecule has 38 heteroatoms. The minimum absolute atomic E-state index is 0.00187. The normalized spacial score (nSPS) is 27.0. The molecular weight excluding hydrogens is 1300 g/mol. The van der Waals surface area contributed by atoms with Crippen LogP contribution >= 0.6 is 7.82 Å². The van der Waals surface area contributed by atoms with Crippen LogP contribution < -0.4 is 47.9 Å². The Morgan fingerprint density at radius 3 is 1.16 bits per heavy atom. The second kappa shape index (κ2) is 46.2. The first-order chi connectivity index (χ1) is 45.7. The lowest BCUT2D eigenvalue weighted by Gasteiger charge is -2.42. The first-order valence-corrected chi connectivity index (χ1v) is 33.9. The van der Waals surface area contributed by atoms with Gasteiger partial charge in [0.25, 0.3) is 0 Å². The van der Waals surface area contributed by atoms with Crippen LogP contribution in [-0.2, 0) is 85.2 Å². The van der Waals surface area contributed by atoms with Crippen LogP contribution in [0.1, 0.15) is 130 Å². The van der Waals surface area contributed by atoms with Crippen molar-refractivity contribution in [2.24, 2.45) is 0 Å². The molecule has 0 saturated carbocycles. The van der Waals surface area contributed by atoms with E-state index in [4.69, 9.17) is 32.9 Å². The van der Waals surface area contributed by atoms with Crippen LogP contribution in [0, 0.1) is 0 Å². The lowest BCUT2D eigenvalue weighted by molar-refractivity contribution is -0.270. The molecule has 3 rings (SSSR count). The van der Waals surface area contributed by atoms with Crippen LogP contribution in [0.4, 0.5) is 0 Å². The van der Waals surface area contributed by atoms with Crippen molar-refractivity contribution in [1.82, 2.24) is 47.9 Å². The molecule has 0 spiro atoms. The van der Waals surface area contributed by atoms with Gasteiger partial charge in [-0.2, -0.15) is 0 Å².